The van der Waals surface area contributed by atoms with Crippen LogP contribution in [0.3, 0.4) is 0 Å². The van der Waals surface area contributed by atoms with Crippen LogP contribution in [-0.4, -0.2) is 15.5 Å². The molecule has 6 heteroatoms. The van der Waals surface area contributed by atoms with Gasteiger partial charge in [0.25, 0.3) is 11.5 Å². The Morgan fingerprint density at radius 3 is 2.62 bits per heavy atom. The van der Waals surface area contributed by atoms with Gasteiger partial charge in [-0.1, -0.05) is 43.3 Å². The summed E-state index contributed by atoms with van der Waals surface area (Å²) >= 11 is 0. The highest BCUT2D eigenvalue weighted by Crippen LogP contribution is 2.20. The van der Waals surface area contributed by atoms with Gasteiger partial charge in [-0.25, -0.2) is 20.2 Å². The van der Waals surface area contributed by atoms with Crippen LogP contribution in [0.5, 0.6) is 0 Å². The van der Waals surface area contributed by atoms with Gasteiger partial charge in [-0.3, -0.25) is 9.79 Å². The summed E-state index contributed by atoms with van der Waals surface area (Å²) in [7, 11) is 0. The molecule has 2 aromatic carbocycles. The Balaban J connectivity index is 1.80. The summed E-state index contributed by atoms with van der Waals surface area (Å²) in [5, 5.41) is 6.67. The van der Waals surface area contributed by atoms with Gasteiger partial charge in [-0.2, -0.15) is 0 Å². The van der Waals surface area contributed by atoms with E-state index in [2.05, 4.69) is 71.7 Å². The first kappa shape index (κ1) is 18.9. The first-order chi connectivity index (χ1) is 14.0. The first-order valence-electron chi connectivity index (χ1n) is 9.89. The number of hydrogen-bond donors (Lipinski definition) is 3. The van der Waals surface area contributed by atoms with Gasteiger partial charge in [-0.15, -0.1) is 0 Å². The molecule has 0 fully saturated rings. The van der Waals surface area contributed by atoms with E-state index in [1.54, 1.807) is 10.6 Å². The second kappa shape index (κ2) is 7.54. The number of nitrogens with zero attached hydrogens (tertiary/aromatic N) is 2. The number of guanidine groups is 1. The van der Waals surface area contributed by atoms with Gasteiger partial charge in [0.15, 0.2) is 6.17 Å². The van der Waals surface area contributed by atoms with Gasteiger partial charge in [-0.05, 0) is 49.9 Å². The van der Waals surface area contributed by atoms with Gasteiger partial charge in [0.1, 0.15) is 5.69 Å². The van der Waals surface area contributed by atoms with E-state index in [0.29, 0.717) is 17.6 Å². The van der Waals surface area contributed by atoms with Gasteiger partial charge >= 0.3 is 5.96 Å². The monoisotopic (exact) mass is 388 g/mol. The molecule has 0 amide bonds. The first-order valence-corrected chi connectivity index (χ1v) is 9.89. The summed E-state index contributed by atoms with van der Waals surface area (Å²) < 4.78 is 1.65. The molecule has 3 N–H and O–H groups in total. The Bertz CT molecular complexity index is 1140. The number of aryl methyl sites for hydroxylation is 3. The zero-order valence-corrected chi connectivity index (χ0v) is 17.2. The van der Waals surface area contributed by atoms with Crippen molar-refractivity contribution >= 4 is 17.6 Å². The number of rotatable bonds is 3. The van der Waals surface area contributed by atoms with Crippen LogP contribution < -0.4 is 21.2 Å². The van der Waals surface area contributed by atoms with Gasteiger partial charge < -0.3 is 0 Å². The fraction of sp³-hybridized carbons (Fsp3) is 0.261. The zero-order chi connectivity index (χ0) is 20.5. The molecule has 6 nitrogen and oxygen atoms in total. The lowest BCUT2D eigenvalue weighted by Crippen LogP contribution is -2.82. The van der Waals surface area contributed by atoms with Crippen LogP contribution in [0.1, 0.15) is 41.0 Å². The molecule has 0 radical (unpaired) electrons. The van der Waals surface area contributed by atoms with E-state index >= 15 is 0 Å². The lowest BCUT2D eigenvalue weighted by atomic mass is 10.1. The predicted octanol–water partition coefficient (Wildman–Crippen LogP) is 2.25. The molecule has 0 aliphatic carbocycles. The van der Waals surface area contributed by atoms with E-state index in [-0.39, 0.29) is 11.7 Å². The highest BCUT2D eigenvalue weighted by atomic mass is 16.1. The van der Waals surface area contributed by atoms with Crippen molar-refractivity contribution in [1.29, 1.82) is 0 Å². The second-order valence-electron chi connectivity index (χ2n) is 7.44. The third-order valence-corrected chi connectivity index (χ3v) is 5.42. The van der Waals surface area contributed by atoms with Crippen LogP contribution in [0.4, 0.5) is 11.6 Å². The molecular weight excluding hydrogens is 362 g/mol. The zero-order valence-electron chi connectivity index (χ0n) is 17.2. The molecule has 29 heavy (non-hydrogen) atoms. The minimum Gasteiger partial charge on any atom is -0.269 e. The van der Waals surface area contributed by atoms with Crippen molar-refractivity contribution in [1.82, 2.24) is 9.55 Å². The highest BCUT2D eigenvalue weighted by molar-refractivity contribution is 5.99. The van der Waals surface area contributed by atoms with E-state index in [9.17, 15) is 4.79 Å². The molecule has 1 aromatic heterocycles. The van der Waals surface area contributed by atoms with E-state index < -0.39 is 0 Å². The van der Waals surface area contributed by atoms with Crippen LogP contribution in [0, 0.1) is 20.8 Å². The number of fused-ring (bicyclic) bond motifs is 1. The topological polar surface area (TPSA) is 72.9 Å². The maximum atomic E-state index is 12.8. The Kier molecular flexibility index (Phi) is 4.92. The average molecular weight is 388 g/mol. The summed E-state index contributed by atoms with van der Waals surface area (Å²) in [6.07, 6.45) is 0.619. The molecule has 148 valence electrons. The highest BCUT2D eigenvalue weighted by Gasteiger charge is 2.29. The van der Waals surface area contributed by atoms with Gasteiger partial charge in [0.05, 0.1) is 0 Å². The molecule has 0 bridgehead atoms. The standard InChI is InChI=1S/C23H25N5O/c1-5-17-9-11-18(12-10-17)21-26-22(25-19-8-6-7-14(2)16(19)4)27-23-24-15(3)13-20(29)28(21)23/h6-13,21H,5H2,1-4H3,(H2,24,25,26,27)/p+1/t21-/m1/s1. The number of benzene rings is 2. The average Bonchev–Trinajstić information content (AvgIpc) is 2.70. The molecule has 0 unspecified atom stereocenters. The lowest BCUT2D eigenvalue weighted by molar-refractivity contribution is -0.520. The van der Waals surface area contributed by atoms with Crippen molar-refractivity contribution in [2.45, 2.75) is 40.3 Å². The summed E-state index contributed by atoms with van der Waals surface area (Å²) in [4.78, 5) is 20.8. The van der Waals surface area contributed by atoms with E-state index in [1.165, 1.54) is 16.7 Å². The van der Waals surface area contributed by atoms with Crippen molar-refractivity contribution < 1.29 is 4.99 Å². The Hall–Kier alpha value is -3.41. The number of aromatic nitrogens is 2. The largest absolute Gasteiger partial charge is 0.357 e. The SMILES string of the molecule is CCc1ccc([C@@H]2[NH+]=C(Nc3cccc(C)c3C)Nc3nc(C)cc(=O)n32)cc1. The molecule has 0 saturated heterocycles. The summed E-state index contributed by atoms with van der Waals surface area (Å²) in [6.45, 7) is 8.13. The minimum atomic E-state index is -0.356. The molecule has 2 heterocycles. The fourth-order valence-electron chi connectivity index (χ4n) is 3.55. The van der Waals surface area contributed by atoms with Gasteiger partial charge in [0, 0.05) is 17.3 Å². The van der Waals surface area contributed by atoms with Crippen LogP contribution in [0.2, 0.25) is 0 Å². The quantitative estimate of drug-likeness (QED) is 0.644. The maximum absolute atomic E-state index is 12.8. The summed E-state index contributed by atoms with van der Waals surface area (Å²) in [5.74, 6) is 1.21. The van der Waals surface area contributed by atoms with Crippen LogP contribution in [-0.2, 0) is 6.42 Å². The Morgan fingerprint density at radius 1 is 1.14 bits per heavy atom. The number of hydrogen-bond acceptors (Lipinski definition) is 4. The van der Waals surface area contributed by atoms with E-state index in [1.807, 2.05) is 19.1 Å². The minimum absolute atomic E-state index is 0.0946. The lowest BCUT2D eigenvalue weighted by Gasteiger charge is -2.23. The molecule has 0 saturated carbocycles. The van der Waals surface area contributed by atoms with Gasteiger partial charge in [0.2, 0.25) is 0 Å². The molecule has 0 spiro atoms. The van der Waals surface area contributed by atoms with Crippen LogP contribution in [0.25, 0.3) is 0 Å². The normalized spacial score (nSPS) is 15.3. The van der Waals surface area contributed by atoms with Crippen molar-refractivity contribution in [3.63, 3.8) is 0 Å². The molecule has 3 aromatic rings. The van der Waals surface area contributed by atoms with Crippen molar-refractivity contribution in [3.05, 3.63) is 86.8 Å². The van der Waals surface area contributed by atoms with Crippen molar-refractivity contribution in [3.8, 4) is 0 Å². The fourth-order valence-corrected chi connectivity index (χ4v) is 3.55. The van der Waals surface area contributed by atoms with E-state index in [4.69, 9.17) is 0 Å². The second-order valence-corrected chi connectivity index (χ2v) is 7.44. The van der Waals surface area contributed by atoms with Crippen LogP contribution >= 0.6 is 0 Å². The molecule has 1 aliphatic rings. The van der Waals surface area contributed by atoms with Crippen molar-refractivity contribution in [2.75, 3.05) is 10.6 Å². The molecule has 4 rings (SSSR count). The summed E-state index contributed by atoms with van der Waals surface area (Å²) in [6, 6.07) is 16.0. The molecule has 1 aliphatic heterocycles. The number of anilines is 2. The van der Waals surface area contributed by atoms with Crippen LogP contribution in [0.15, 0.2) is 53.3 Å². The smallest absolute Gasteiger partial charge is 0.269 e. The maximum Gasteiger partial charge on any atom is 0.357 e. The predicted molar refractivity (Wildman–Crippen MR) is 116 cm³/mol. The molecule has 1 atom stereocenters. The third kappa shape index (κ3) is 3.66. The number of nitrogens with one attached hydrogen (secondary N) is 3. The summed E-state index contributed by atoms with van der Waals surface area (Å²) in [5.41, 5.74) is 6.23. The molecular formula is C23H26N5O+. The van der Waals surface area contributed by atoms with Crippen molar-refractivity contribution in [2.24, 2.45) is 0 Å². The Labute approximate surface area is 170 Å². The Morgan fingerprint density at radius 2 is 1.90 bits per heavy atom. The third-order valence-electron chi connectivity index (χ3n) is 5.42. The van der Waals surface area contributed by atoms with E-state index in [0.717, 1.165) is 17.7 Å².